The summed E-state index contributed by atoms with van der Waals surface area (Å²) in [4.78, 5) is 2.16. The van der Waals surface area contributed by atoms with E-state index in [0.29, 0.717) is 24.2 Å². The predicted octanol–water partition coefficient (Wildman–Crippen LogP) is 3.30. The molecular formula is C12H13BrF3NO. The summed E-state index contributed by atoms with van der Waals surface area (Å²) in [5, 5.41) is 0. The Morgan fingerprint density at radius 1 is 1.22 bits per heavy atom. The van der Waals surface area contributed by atoms with Crippen LogP contribution in [0.5, 0.6) is 0 Å². The fourth-order valence-corrected chi connectivity index (χ4v) is 2.36. The lowest BCUT2D eigenvalue weighted by Crippen LogP contribution is -2.35. The van der Waals surface area contributed by atoms with Gasteiger partial charge in [0, 0.05) is 24.1 Å². The minimum Gasteiger partial charge on any atom is -0.379 e. The monoisotopic (exact) mass is 323 g/mol. The number of nitrogens with zero attached hydrogens (tertiary/aromatic N) is 1. The van der Waals surface area contributed by atoms with Crippen molar-refractivity contribution in [2.45, 2.75) is 12.7 Å². The summed E-state index contributed by atoms with van der Waals surface area (Å²) in [5.74, 6) is 0. The lowest BCUT2D eigenvalue weighted by molar-refractivity contribution is -0.137. The number of alkyl halides is 3. The Balaban J connectivity index is 2.09. The third kappa shape index (κ3) is 3.46. The zero-order chi connectivity index (χ0) is 13.2. The number of ether oxygens (including phenoxy) is 1. The van der Waals surface area contributed by atoms with Crippen molar-refractivity contribution in [3.8, 4) is 0 Å². The molecule has 2 nitrogen and oxygen atoms in total. The molecule has 0 bridgehead atoms. The van der Waals surface area contributed by atoms with E-state index < -0.39 is 11.7 Å². The first-order valence-electron chi connectivity index (χ1n) is 5.62. The van der Waals surface area contributed by atoms with Crippen molar-refractivity contribution in [2.75, 3.05) is 26.3 Å². The van der Waals surface area contributed by atoms with Crippen LogP contribution in [0.4, 0.5) is 13.2 Å². The summed E-state index contributed by atoms with van der Waals surface area (Å²) in [6, 6.07) is 3.79. The van der Waals surface area contributed by atoms with Crippen molar-refractivity contribution in [1.82, 2.24) is 4.90 Å². The van der Waals surface area contributed by atoms with Crippen molar-refractivity contribution in [1.29, 1.82) is 0 Å². The smallest absolute Gasteiger partial charge is 0.379 e. The molecule has 1 aromatic rings. The molecule has 0 aliphatic carbocycles. The lowest BCUT2D eigenvalue weighted by atomic mass is 10.1. The molecule has 1 fully saturated rings. The second-order valence-electron chi connectivity index (χ2n) is 4.19. The first-order chi connectivity index (χ1) is 8.47. The molecule has 1 saturated heterocycles. The van der Waals surface area contributed by atoms with Crippen molar-refractivity contribution in [3.63, 3.8) is 0 Å². The molecule has 100 valence electrons. The molecule has 0 saturated carbocycles. The Labute approximate surface area is 112 Å². The van der Waals surface area contributed by atoms with E-state index in [2.05, 4.69) is 20.8 Å². The topological polar surface area (TPSA) is 12.5 Å². The lowest BCUT2D eigenvalue weighted by Gasteiger charge is -2.27. The molecule has 0 unspecified atom stereocenters. The quantitative estimate of drug-likeness (QED) is 0.828. The van der Waals surface area contributed by atoms with Crippen molar-refractivity contribution < 1.29 is 17.9 Å². The van der Waals surface area contributed by atoms with E-state index in [0.717, 1.165) is 30.8 Å². The van der Waals surface area contributed by atoms with Crippen LogP contribution >= 0.6 is 15.9 Å². The Morgan fingerprint density at radius 3 is 2.44 bits per heavy atom. The van der Waals surface area contributed by atoms with Crippen LogP contribution in [0.3, 0.4) is 0 Å². The van der Waals surface area contributed by atoms with Crippen LogP contribution in [0.2, 0.25) is 0 Å². The van der Waals surface area contributed by atoms with Crippen LogP contribution in [-0.4, -0.2) is 31.2 Å². The maximum Gasteiger partial charge on any atom is 0.416 e. The van der Waals surface area contributed by atoms with Gasteiger partial charge in [-0.2, -0.15) is 13.2 Å². The highest BCUT2D eigenvalue weighted by Crippen LogP contribution is 2.32. The number of rotatable bonds is 2. The normalized spacial score (nSPS) is 18.0. The van der Waals surface area contributed by atoms with Gasteiger partial charge in [-0.25, -0.2) is 0 Å². The van der Waals surface area contributed by atoms with Gasteiger partial charge in [-0.15, -0.1) is 0 Å². The van der Waals surface area contributed by atoms with Gasteiger partial charge in [0.2, 0.25) is 0 Å². The van der Waals surface area contributed by atoms with Gasteiger partial charge in [-0.1, -0.05) is 22.0 Å². The van der Waals surface area contributed by atoms with Crippen molar-refractivity contribution in [3.05, 3.63) is 33.8 Å². The number of hydrogen-bond acceptors (Lipinski definition) is 2. The van der Waals surface area contributed by atoms with E-state index in [1.54, 1.807) is 0 Å². The zero-order valence-corrected chi connectivity index (χ0v) is 11.2. The molecule has 1 aromatic carbocycles. The Bertz CT molecular complexity index is 416. The molecule has 2 rings (SSSR count). The van der Waals surface area contributed by atoms with Gasteiger partial charge in [-0.05, 0) is 17.7 Å². The average Bonchev–Trinajstić information content (AvgIpc) is 2.32. The number of benzene rings is 1. The average molecular weight is 324 g/mol. The largest absolute Gasteiger partial charge is 0.416 e. The molecule has 0 aromatic heterocycles. The van der Waals surface area contributed by atoms with Gasteiger partial charge in [-0.3, -0.25) is 4.90 Å². The van der Waals surface area contributed by atoms with Crippen LogP contribution in [-0.2, 0) is 17.5 Å². The van der Waals surface area contributed by atoms with E-state index in [-0.39, 0.29) is 0 Å². The Hall–Kier alpha value is -0.590. The summed E-state index contributed by atoms with van der Waals surface area (Å²) in [7, 11) is 0. The highest BCUT2D eigenvalue weighted by Gasteiger charge is 2.30. The maximum atomic E-state index is 12.5. The van der Waals surface area contributed by atoms with Gasteiger partial charge in [0.25, 0.3) is 0 Å². The van der Waals surface area contributed by atoms with Gasteiger partial charge < -0.3 is 4.74 Å². The number of hydrogen-bond donors (Lipinski definition) is 0. The first-order valence-corrected chi connectivity index (χ1v) is 6.42. The summed E-state index contributed by atoms with van der Waals surface area (Å²) in [6.07, 6.45) is -4.29. The molecule has 1 aliphatic heterocycles. The number of morpholine rings is 1. The van der Waals surface area contributed by atoms with Crippen molar-refractivity contribution in [2.24, 2.45) is 0 Å². The van der Waals surface area contributed by atoms with E-state index in [1.807, 2.05) is 0 Å². The van der Waals surface area contributed by atoms with Crippen LogP contribution in [0, 0.1) is 0 Å². The molecule has 1 aliphatic rings. The molecule has 6 heteroatoms. The predicted molar refractivity (Wildman–Crippen MR) is 65.2 cm³/mol. The third-order valence-corrected chi connectivity index (χ3v) is 3.62. The molecule has 0 atom stereocenters. The molecule has 1 heterocycles. The molecule has 18 heavy (non-hydrogen) atoms. The van der Waals surface area contributed by atoms with Crippen LogP contribution in [0.1, 0.15) is 11.1 Å². The standard InChI is InChI=1S/C12H13BrF3NO/c13-11-7-10(12(14,15)16)2-1-9(11)8-17-3-5-18-6-4-17/h1-2,7H,3-6,8H2. The van der Waals surface area contributed by atoms with Gasteiger partial charge >= 0.3 is 6.18 Å². The fraction of sp³-hybridized carbons (Fsp3) is 0.500. The summed E-state index contributed by atoms with van der Waals surface area (Å²) in [5.41, 5.74) is 0.241. The summed E-state index contributed by atoms with van der Waals surface area (Å²) in [6.45, 7) is 3.62. The summed E-state index contributed by atoms with van der Waals surface area (Å²) < 4.78 is 43.3. The zero-order valence-electron chi connectivity index (χ0n) is 9.63. The summed E-state index contributed by atoms with van der Waals surface area (Å²) >= 11 is 3.21. The van der Waals surface area contributed by atoms with Gasteiger partial charge in [0.1, 0.15) is 0 Å². The van der Waals surface area contributed by atoms with Gasteiger partial charge in [0.05, 0.1) is 18.8 Å². The maximum absolute atomic E-state index is 12.5. The second-order valence-corrected chi connectivity index (χ2v) is 5.05. The van der Waals surface area contributed by atoms with E-state index >= 15 is 0 Å². The minimum atomic E-state index is -4.29. The molecule has 0 radical (unpaired) electrons. The van der Waals surface area contributed by atoms with Crippen LogP contribution in [0.15, 0.2) is 22.7 Å². The highest BCUT2D eigenvalue weighted by molar-refractivity contribution is 9.10. The molecule has 0 amide bonds. The highest BCUT2D eigenvalue weighted by atomic mass is 79.9. The SMILES string of the molecule is FC(F)(F)c1ccc(CN2CCOCC2)c(Br)c1. The number of halogens is 4. The van der Waals surface area contributed by atoms with E-state index in [1.165, 1.54) is 6.07 Å². The molecular weight excluding hydrogens is 311 g/mol. The van der Waals surface area contributed by atoms with Crippen LogP contribution in [0.25, 0.3) is 0 Å². The molecule has 0 N–H and O–H groups in total. The third-order valence-electron chi connectivity index (χ3n) is 2.88. The van der Waals surface area contributed by atoms with E-state index in [4.69, 9.17) is 4.74 Å². The van der Waals surface area contributed by atoms with E-state index in [9.17, 15) is 13.2 Å². The second kappa shape index (κ2) is 5.59. The first kappa shape index (κ1) is 13.8. The minimum absolute atomic E-state index is 0.504. The molecule has 0 spiro atoms. The van der Waals surface area contributed by atoms with Gasteiger partial charge in [0.15, 0.2) is 0 Å². The van der Waals surface area contributed by atoms with Crippen LogP contribution < -0.4 is 0 Å². The Morgan fingerprint density at radius 2 is 1.89 bits per heavy atom. The Kier molecular flexibility index (Phi) is 4.29. The van der Waals surface area contributed by atoms with Crippen molar-refractivity contribution >= 4 is 15.9 Å². The fourth-order valence-electron chi connectivity index (χ4n) is 1.85.